The Balaban J connectivity index is 2.65. The third-order valence-corrected chi connectivity index (χ3v) is 6.95. The van der Waals surface area contributed by atoms with Crippen LogP contribution in [0.15, 0.2) is 29.2 Å². The van der Waals surface area contributed by atoms with Crippen LogP contribution in [0.2, 0.25) is 0 Å². The average Bonchev–Trinajstić information content (AvgIpc) is 2.59. The number of thiol groups is 1. The van der Waals surface area contributed by atoms with Crippen LogP contribution in [0.4, 0.5) is 0 Å². The second-order valence-electron chi connectivity index (χ2n) is 6.24. The molecule has 5 heteroatoms. The molecular weight excluding hydrogens is 340 g/mol. The highest BCUT2D eigenvalue weighted by molar-refractivity contribution is 7.92. The van der Waals surface area contributed by atoms with E-state index >= 15 is 0 Å². The first-order valence-electron chi connectivity index (χ1n) is 9.05. The van der Waals surface area contributed by atoms with E-state index in [2.05, 4.69) is 19.6 Å². The number of rotatable bonds is 13. The van der Waals surface area contributed by atoms with Crippen LogP contribution in [0.5, 0.6) is 5.75 Å². The van der Waals surface area contributed by atoms with Crippen LogP contribution in [0, 0.1) is 0 Å². The summed E-state index contributed by atoms with van der Waals surface area (Å²) in [4.78, 5) is 0.308. The maximum atomic E-state index is 13.0. The summed E-state index contributed by atoms with van der Waals surface area (Å²) in [5.41, 5.74) is 0. The fraction of sp³-hybridized carbons (Fsp3) is 0.684. The molecule has 1 aromatic carbocycles. The van der Waals surface area contributed by atoms with Crippen LogP contribution < -0.4 is 4.74 Å². The molecular formula is C19H32O3S2. The van der Waals surface area contributed by atoms with E-state index in [1.54, 1.807) is 24.3 Å². The van der Waals surface area contributed by atoms with Crippen LogP contribution in [-0.2, 0) is 9.84 Å². The number of hydrogen-bond acceptors (Lipinski definition) is 4. The van der Waals surface area contributed by atoms with Crippen LogP contribution in [0.3, 0.4) is 0 Å². The summed E-state index contributed by atoms with van der Waals surface area (Å²) < 4.78 is 31.2. The molecule has 0 aromatic heterocycles. The van der Waals surface area contributed by atoms with Gasteiger partial charge in [-0.05, 0) is 30.7 Å². The fourth-order valence-electron chi connectivity index (χ4n) is 2.96. The Kier molecular flexibility index (Phi) is 10.5. The van der Waals surface area contributed by atoms with Gasteiger partial charge in [0.05, 0.1) is 12.4 Å². The van der Waals surface area contributed by atoms with Gasteiger partial charge in [0, 0.05) is 0 Å². The van der Waals surface area contributed by atoms with E-state index in [0.29, 0.717) is 29.2 Å². The zero-order valence-electron chi connectivity index (χ0n) is 15.0. The molecule has 1 aromatic rings. The predicted molar refractivity (Wildman–Crippen MR) is 105 cm³/mol. The quantitative estimate of drug-likeness (QED) is 0.377. The lowest BCUT2D eigenvalue weighted by Crippen LogP contribution is -2.23. The summed E-state index contributed by atoms with van der Waals surface area (Å²) in [5.74, 6) is 1.01. The Labute approximate surface area is 153 Å². The van der Waals surface area contributed by atoms with Gasteiger partial charge < -0.3 is 4.74 Å². The Hall–Kier alpha value is -0.680. The van der Waals surface area contributed by atoms with Gasteiger partial charge in [0.1, 0.15) is 10.6 Å². The average molecular weight is 373 g/mol. The lowest BCUT2D eigenvalue weighted by Gasteiger charge is -2.18. The van der Waals surface area contributed by atoms with Crippen molar-refractivity contribution in [2.75, 3.05) is 12.9 Å². The molecule has 0 amide bonds. The second-order valence-corrected chi connectivity index (χ2v) is 8.88. The van der Waals surface area contributed by atoms with Crippen molar-refractivity contribution in [1.29, 1.82) is 0 Å². The molecule has 0 heterocycles. The van der Waals surface area contributed by atoms with Gasteiger partial charge in [-0.3, -0.25) is 0 Å². The van der Waals surface area contributed by atoms with Gasteiger partial charge in [-0.15, -0.1) is 0 Å². The molecule has 0 radical (unpaired) electrons. The summed E-state index contributed by atoms with van der Waals surface area (Å²) in [6.45, 7) is 2.21. The highest BCUT2D eigenvalue weighted by atomic mass is 32.2. The molecule has 0 saturated heterocycles. The molecule has 3 nitrogen and oxygen atoms in total. The Morgan fingerprint density at radius 2 is 1.62 bits per heavy atom. The van der Waals surface area contributed by atoms with E-state index in [1.165, 1.54) is 39.2 Å². The molecule has 24 heavy (non-hydrogen) atoms. The van der Waals surface area contributed by atoms with Crippen molar-refractivity contribution in [2.45, 2.75) is 74.9 Å². The van der Waals surface area contributed by atoms with Gasteiger partial charge in [-0.2, -0.15) is 12.6 Å². The molecule has 0 N–H and O–H groups in total. The van der Waals surface area contributed by atoms with Gasteiger partial charge >= 0.3 is 0 Å². The number of ether oxygens (including phenoxy) is 1. The summed E-state index contributed by atoms with van der Waals surface area (Å²) >= 11 is 4.26. The highest BCUT2D eigenvalue weighted by Gasteiger charge is 2.29. The molecule has 1 unspecified atom stereocenters. The van der Waals surface area contributed by atoms with Crippen molar-refractivity contribution in [3.05, 3.63) is 24.3 Å². The number of benzene rings is 1. The largest absolute Gasteiger partial charge is 0.495 e. The van der Waals surface area contributed by atoms with E-state index in [-0.39, 0.29) is 5.25 Å². The molecule has 138 valence electrons. The summed E-state index contributed by atoms with van der Waals surface area (Å²) in [5, 5.41) is -0.373. The van der Waals surface area contributed by atoms with Crippen LogP contribution in [0.1, 0.15) is 64.7 Å². The third-order valence-electron chi connectivity index (χ3n) is 4.40. The second kappa shape index (κ2) is 11.8. The van der Waals surface area contributed by atoms with Gasteiger partial charge in [0.2, 0.25) is 0 Å². The van der Waals surface area contributed by atoms with Crippen molar-refractivity contribution < 1.29 is 13.2 Å². The normalized spacial score (nSPS) is 13.0. The number of unbranched alkanes of at least 4 members (excludes halogenated alkanes) is 6. The molecule has 0 saturated carbocycles. The maximum Gasteiger partial charge on any atom is 0.184 e. The molecule has 0 aliphatic heterocycles. The highest BCUT2D eigenvalue weighted by Crippen LogP contribution is 2.30. The van der Waals surface area contributed by atoms with Crippen LogP contribution in [0.25, 0.3) is 0 Å². The predicted octanol–water partition coefficient (Wildman–Crippen LogP) is 5.30. The Morgan fingerprint density at radius 3 is 2.25 bits per heavy atom. The van der Waals surface area contributed by atoms with Crippen molar-refractivity contribution >= 4 is 22.5 Å². The van der Waals surface area contributed by atoms with E-state index in [9.17, 15) is 8.42 Å². The van der Waals surface area contributed by atoms with Crippen molar-refractivity contribution in [3.8, 4) is 5.75 Å². The zero-order chi connectivity index (χ0) is 17.8. The van der Waals surface area contributed by atoms with Crippen molar-refractivity contribution in [1.82, 2.24) is 0 Å². The number of sulfone groups is 1. The number of hydrogen-bond donors (Lipinski definition) is 1. The number of para-hydroxylation sites is 1. The molecule has 1 atom stereocenters. The summed E-state index contributed by atoms with van der Waals surface area (Å²) in [6, 6.07) is 6.89. The lowest BCUT2D eigenvalue weighted by atomic mass is 10.1. The molecule has 0 fully saturated rings. The van der Waals surface area contributed by atoms with E-state index in [1.807, 2.05) is 0 Å². The maximum absolute atomic E-state index is 13.0. The van der Waals surface area contributed by atoms with E-state index in [4.69, 9.17) is 4.74 Å². The smallest absolute Gasteiger partial charge is 0.184 e. The molecule has 0 bridgehead atoms. The zero-order valence-corrected chi connectivity index (χ0v) is 16.7. The van der Waals surface area contributed by atoms with Crippen LogP contribution in [-0.4, -0.2) is 26.5 Å². The van der Waals surface area contributed by atoms with Crippen LogP contribution >= 0.6 is 12.6 Å². The first-order chi connectivity index (χ1) is 11.6. The summed E-state index contributed by atoms with van der Waals surface area (Å²) in [7, 11) is -1.87. The molecule has 0 spiro atoms. The van der Waals surface area contributed by atoms with Crippen molar-refractivity contribution in [2.24, 2.45) is 0 Å². The Morgan fingerprint density at radius 1 is 1.00 bits per heavy atom. The standard InChI is InChI=1S/C19H32O3S2/c1-3-4-5-6-7-8-9-12-17(15-16-23)24(20,21)19-14-11-10-13-18(19)22-2/h10-11,13-14,17,23H,3-9,12,15-16H2,1-2H3. The Bertz CT molecular complexity index is 555. The first-order valence-corrected chi connectivity index (χ1v) is 11.2. The number of methoxy groups -OCH3 is 1. The van der Waals surface area contributed by atoms with Gasteiger partial charge in [-0.25, -0.2) is 8.42 Å². The third kappa shape index (κ3) is 6.67. The minimum atomic E-state index is -3.38. The van der Waals surface area contributed by atoms with Gasteiger partial charge in [-0.1, -0.05) is 64.0 Å². The van der Waals surface area contributed by atoms with Gasteiger partial charge in [0.25, 0.3) is 0 Å². The monoisotopic (exact) mass is 372 g/mol. The topological polar surface area (TPSA) is 43.4 Å². The van der Waals surface area contributed by atoms with E-state index in [0.717, 1.165) is 12.8 Å². The minimum Gasteiger partial charge on any atom is -0.495 e. The first kappa shape index (κ1) is 21.4. The lowest BCUT2D eigenvalue weighted by molar-refractivity contribution is 0.402. The SMILES string of the molecule is CCCCCCCCCC(CCS)S(=O)(=O)c1ccccc1OC. The molecule has 1 rings (SSSR count). The molecule has 0 aliphatic rings. The molecule has 0 aliphatic carbocycles. The van der Waals surface area contributed by atoms with Gasteiger partial charge in [0.15, 0.2) is 9.84 Å². The fourth-order valence-corrected chi connectivity index (χ4v) is 5.41. The van der Waals surface area contributed by atoms with Crippen molar-refractivity contribution in [3.63, 3.8) is 0 Å². The van der Waals surface area contributed by atoms with E-state index < -0.39 is 9.84 Å². The minimum absolute atomic E-state index is 0.308. The summed E-state index contributed by atoms with van der Waals surface area (Å²) in [6.07, 6.45) is 9.63.